The Morgan fingerprint density at radius 2 is 1.92 bits per heavy atom. The molecule has 3 aliphatic carbocycles. The van der Waals surface area contributed by atoms with Crippen molar-refractivity contribution >= 4 is 50.9 Å². The predicted molar refractivity (Wildman–Crippen MR) is 105 cm³/mol. The Hall–Kier alpha value is -0.980. The number of benzene rings is 1. The molecule has 2 bridgehead atoms. The van der Waals surface area contributed by atoms with Crippen LogP contribution in [0.25, 0.3) is 0 Å². The number of hydrazine groups is 1. The minimum atomic E-state index is -0.518. The van der Waals surface area contributed by atoms with Crippen LogP contribution in [0, 0.1) is 16.2 Å². The number of amides is 2. The molecule has 3 atom stereocenters. The zero-order valence-electron chi connectivity index (χ0n) is 14.8. The number of hydrogen-bond donors (Lipinski definition) is 2. The van der Waals surface area contributed by atoms with Crippen molar-refractivity contribution in [2.45, 2.75) is 38.4 Å². The molecule has 3 aliphatic rings. The highest BCUT2D eigenvalue weighted by molar-refractivity contribution is 9.09. The summed E-state index contributed by atoms with van der Waals surface area (Å²) in [4.78, 5) is 24.9. The van der Waals surface area contributed by atoms with E-state index in [1.165, 1.54) is 6.07 Å². The minimum Gasteiger partial charge on any atom is -0.482 e. The van der Waals surface area contributed by atoms with Crippen molar-refractivity contribution in [3.8, 4) is 5.75 Å². The second-order valence-corrected chi connectivity index (χ2v) is 9.50. The third-order valence-electron chi connectivity index (χ3n) is 6.55. The molecule has 3 fully saturated rings. The summed E-state index contributed by atoms with van der Waals surface area (Å²) in [5, 5.41) is 0.797. The number of nitrogens with one attached hydrogen (secondary N) is 2. The van der Waals surface area contributed by atoms with E-state index in [1.807, 2.05) is 0 Å². The SMILES string of the molecule is CC12CCC(C(=O)NNC(=O)COc3ccc(Cl)cc3Cl)(C1Br)C2(C)C. The summed E-state index contributed by atoms with van der Waals surface area (Å²) in [6, 6.07) is 4.73. The van der Waals surface area contributed by atoms with E-state index in [9.17, 15) is 9.59 Å². The van der Waals surface area contributed by atoms with E-state index in [2.05, 4.69) is 47.6 Å². The van der Waals surface area contributed by atoms with Gasteiger partial charge in [0.15, 0.2) is 6.61 Å². The summed E-state index contributed by atoms with van der Waals surface area (Å²) in [5.74, 6) is -0.287. The minimum absolute atomic E-state index is 0.0861. The lowest BCUT2D eigenvalue weighted by Crippen LogP contribution is -2.70. The molecule has 3 saturated carbocycles. The molecule has 0 radical (unpaired) electrons. The Balaban J connectivity index is 1.55. The van der Waals surface area contributed by atoms with Crippen LogP contribution in [0.5, 0.6) is 5.75 Å². The van der Waals surface area contributed by atoms with E-state index >= 15 is 0 Å². The summed E-state index contributed by atoms with van der Waals surface area (Å²) < 4.78 is 5.36. The molecule has 0 heterocycles. The third-order valence-corrected chi connectivity index (χ3v) is 8.87. The molecule has 26 heavy (non-hydrogen) atoms. The van der Waals surface area contributed by atoms with Crippen LogP contribution in [-0.4, -0.2) is 23.2 Å². The summed E-state index contributed by atoms with van der Waals surface area (Å²) in [5.41, 5.74) is 4.42. The van der Waals surface area contributed by atoms with Gasteiger partial charge >= 0.3 is 0 Å². The summed E-state index contributed by atoms with van der Waals surface area (Å²) in [6.07, 6.45) is 1.78. The number of alkyl halides is 1. The maximum absolute atomic E-state index is 12.8. The van der Waals surface area contributed by atoms with Crippen molar-refractivity contribution in [3.05, 3.63) is 28.2 Å². The fraction of sp³-hybridized carbons (Fsp3) is 0.556. The molecule has 1 aromatic rings. The lowest BCUT2D eigenvalue weighted by atomic mass is 9.43. The van der Waals surface area contributed by atoms with Gasteiger partial charge in [-0.25, -0.2) is 0 Å². The normalized spacial score (nSPS) is 31.1. The van der Waals surface area contributed by atoms with Gasteiger partial charge in [-0.1, -0.05) is 59.9 Å². The van der Waals surface area contributed by atoms with Gasteiger partial charge in [0, 0.05) is 9.85 Å². The van der Waals surface area contributed by atoms with Crippen molar-refractivity contribution in [2.24, 2.45) is 16.2 Å². The van der Waals surface area contributed by atoms with Crippen LogP contribution in [0.4, 0.5) is 0 Å². The lowest BCUT2D eigenvalue weighted by Gasteiger charge is -2.64. The molecule has 2 N–H and O–H groups in total. The number of carbonyl (C=O) groups excluding carboxylic acids is 2. The molecule has 2 amide bonds. The first-order valence-corrected chi connectivity index (χ1v) is 10.0. The van der Waals surface area contributed by atoms with Crippen molar-refractivity contribution < 1.29 is 14.3 Å². The summed E-state index contributed by atoms with van der Waals surface area (Å²) in [6.45, 7) is 6.16. The topological polar surface area (TPSA) is 67.4 Å². The molecular formula is C18H21BrCl2N2O3. The average molecular weight is 464 g/mol. The standard InChI is InChI=1S/C18H21BrCl2N2O3/c1-16(2)17(3)6-7-18(16,14(17)19)15(25)23-22-13(24)9-26-12-5-4-10(20)8-11(12)21/h4-5,8,14H,6-7,9H2,1-3H3,(H,22,24)(H,23,25). The second-order valence-electron chi connectivity index (χ2n) is 7.74. The van der Waals surface area contributed by atoms with Gasteiger partial charge in [-0.3, -0.25) is 20.4 Å². The first-order valence-electron chi connectivity index (χ1n) is 8.37. The van der Waals surface area contributed by atoms with Gasteiger partial charge in [0.1, 0.15) is 5.75 Å². The smallest absolute Gasteiger partial charge is 0.276 e. The van der Waals surface area contributed by atoms with Crippen LogP contribution in [0.2, 0.25) is 10.0 Å². The second kappa shape index (κ2) is 6.57. The number of halogens is 3. The molecule has 4 rings (SSSR count). The van der Waals surface area contributed by atoms with Crippen LogP contribution < -0.4 is 15.6 Å². The molecular weight excluding hydrogens is 443 g/mol. The fourth-order valence-corrected chi connectivity index (χ4v) is 6.74. The van der Waals surface area contributed by atoms with E-state index in [-0.39, 0.29) is 28.2 Å². The highest BCUT2D eigenvalue weighted by Crippen LogP contribution is 2.79. The largest absolute Gasteiger partial charge is 0.482 e. The van der Waals surface area contributed by atoms with E-state index < -0.39 is 11.3 Å². The van der Waals surface area contributed by atoms with Crippen LogP contribution in [0.1, 0.15) is 33.6 Å². The van der Waals surface area contributed by atoms with Crippen molar-refractivity contribution in [2.75, 3.05) is 6.61 Å². The van der Waals surface area contributed by atoms with Gasteiger partial charge in [-0.05, 0) is 41.9 Å². The summed E-state index contributed by atoms with van der Waals surface area (Å²) in [7, 11) is 0. The Kier molecular flexibility index (Phi) is 5.00. The highest BCUT2D eigenvalue weighted by Gasteiger charge is 2.80. The van der Waals surface area contributed by atoms with Gasteiger partial charge < -0.3 is 4.74 Å². The lowest BCUT2D eigenvalue weighted by molar-refractivity contribution is -0.163. The van der Waals surface area contributed by atoms with E-state index in [0.717, 1.165) is 12.8 Å². The van der Waals surface area contributed by atoms with E-state index in [0.29, 0.717) is 15.8 Å². The molecule has 8 heteroatoms. The van der Waals surface area contributed by atoms with Gasteiger partial charge in [0.2, 0.25) is 5.91 Å². The number of fused-ring (bicyclic) bond motifs is 1. The van der Waals surface area contributed by atoms with Crippen LogP contribution >= 0.6 is 39.1 Å². The quantitative estimate of drug-likeness (QED) is 0.521. The van der Waals surface area contributed by atoms with Crippen LogP contribution in [0.3, 0.4) is 0 Å². The molecule has 0 aromatic heterocycles. The van der Waals surface area contributed by atoms with Crippen LogP contribution in [-0.2, 0) is 9.59 Å². The molecule has 3 unspecified atom stereocenters. The maximum atomic E-state index is 12.8. The molecule has 5 nitrogen and oxygen atoms in total. The van der Waals surface area contributed by atoms with Crippen molar-refractivity contribution in [3.63, 3.8) is 0 Å². The first-order chi connectivity index (χ1) is 12.1. The fourth-order valence-electron chi connectivity index (χ4n) is 4.47. The monoisotopic (exact) mass is 462 g/mol. The van der Waals surface area contributed by atoms with Gasteiger partial charge in [-0.2, -0.15) is 0 Å². The Morgan fingerprint density at radius 3 is 2.46 bits per heavy atom. The van der Waals surface area contributed by atoms with Gasteiger partial charge in [-0.15, -0.1) is 0 Å². The Bertz CT molecular complexity index is 773. The molecule has 0 saturated heterocycles. The van der Waals surface area contributed by atoms with E-state index in [1.54, 1.807) is 12.1 Å². The zero-order chi connectivity index (χ0) is 19.3. The van der Waals surface area contributed by atoms with E-state index in [4.69, 9.17) is 27.9 Å². The number of carbonyl (C=O) groups is 2. The van der Waals surface area contributed by atoms with Crippen molar-refractivity contribution in [1.82, 2.24) is 10.9 Å². The average Bonchev–Trinajstić information content (AvgIpc) is 2.99. The Morgan fingerprint density at radius 1 is 1.23 bits per heavy atom. The Labute approximate surface area is 171 Å². The predicted octanol–water partition coefficient (Wildman–Crippen LogP) is 4.11. The van der Waals surface area contributed by atoms with Crippen molar-refractivity contribution in [1.29, 1.82) is 0 Å². The maximum Gasteiger partial charge on any atom is 0.276 e. The number of rotatable bonds is 4. The van der Waals surface area contributed by atoms with Crippen LogP contribution in [0.15, 0.2) is 18.2 Å². The van der Waals surface area contributed by atoms with Gasteiger partial charge in [0.25, 0.3) is 5.91 Å². The first kappa shape index (κ1) is 19.8. The number of ether oxygens (including phenoxy) is 1. The molecule has 0 aliphatic heterocycles. The molecule has 0 spiro atoms. The highest BCUT2D eigenvalue weighted by atomic mass is 79.9. The van der Waals surface area contributed by atoms with Gasteiger partial charge in [0.05, 0.1) is 10.4 Å². The zero-order valence-corrected chi connectivity index (χ0v) is 17.9. The number of hydrogen-bond acceptors (Lipinski definition) is 3. The summed E-state index contributed by atoms with van der Waals surface area (Å²) >= 11 is 15.5. The third kappa shape index (κ3) is 2.64. The molecule has 142 valence electrons. The molecule has 1 aromatic carbocycles.